The third-order valence-corrected chi connectivity index (χ3v) is 6.60. The standard InChI is InChI=1S/C22H23FN4O3S/c1-31(29,30)27-13-5-8-20(27)22(28)24-14-17-15-26(19-6-3-2-4-7-19)25-21(17)16-9-11-18(23)12-10-16/h2-4,6-7,9-12,15,20H,5,8,13-14H2,1H3,(H,24,28). The molecule has 162 valence electrons. The molecule has 1 unspecified atom stereocenters. The number of hydrogen-bond acceptors (Lipinski definition) is 4. The van der Waals surface area contributed by atoms with E-state index < -0.39 is 16.1 Å². The van der Waals surface area contributed by atoms with Crippen molar-refractivity contribution in [2.45, 2.75) is 25.4 Å². The Bertz CT molecular complexity index is 1180. The number of nitrogens with one attached hydrogen (secondary N) is 1. The van der Waals surface area contributed by atoms with Crippen LogP contribution in [0.2, 0.25) is 0 Å². The van der Waals surface area contributed by atoms with Crippen LogP contribution < -0.4 is 5.32 Å². The van der Waals surface area contributed by atoms with E-state index in [4.69, 9.17) is 0 Å². The summed E-state index contributed by atoms with van der Waals surface area (Å²) in [5.41, 5.74) is 2.93. The van der Waals surface area contributed by atoms with Gasteiger partial charge in [0, 0.05) is 30.4 Å². The summed E-state index contributed by atoms with van der Waals surface area (Å²) in [6.45, 7) is 0.524. The van der Waals surface area contributed by atoms with Crippen molar-refractivity contribution in [2.24, 2.45) is 0 Å². The van der Waals surface area contributed by atoms with Gasteiger partial charge in [-0.2, -0.15) is 9.40 Å². The summed E-state index contributed by atoms with van der Waals surface area (Å²) >= 11 is 0. The quantitative estimate of drug-likeness (QED) is 0.636. The Morgan fingerprint density at radius 2 is 1.87 bits per heavy atom. The number of rotatable bonds is 6. The first-order chi connectivity index (χ1) is 14.8. The fourth-order valence-electron chi connectivity index (χ4n) is 3.80. The van der Waals surface area contributed by atoms with Crippen molar-refractivity contribution in [3.05, 3.63) is 72.2 Å². The molecule has 0 radical (unpaired) electrons. The fourth-order valence-corrected chi connectivity index (χ4v) is 4.93. The maximum Gasteiger partial charge on any atom is 0.238 e. The molecule has 7 nitrogen and oxygen atoms in total. The zero-order chi connectivity index (χ0) is 22.0. The predicted molar refractivity (Wildman–Crippen MR) is 115 cm³/mol. The Labute approximate surface area is 180 Å². The molecular weight excluding hydrogens is 419 g/mol. The number of benzene rings is 2. The van der Waals surface area contributed by atoms with Crippen molar-refractivity contribution in [2.75, 3.05) is 12.8 Å². The van der Waals surface area contributed by atoms with Crippen LogP contribution >= 0.6 is 0 Å². The summed E-state index contributed by atoms with van der Waals surface area (Å²) in [6, 6.07) is 14.8. The molecule has 0 spiro atoms. The molecule has 4 rings (SSSR count). The number of halogens is 1. The van der Waals surface area contributed by atoms with Gasteiger partial charge in [-0.25, -0.2) is 17.5 Å². The molecule has 2 heterocycles. The third kappa shape index (κ3) is 4.67. The van der Waals surface area contributed by atoms with E-state index in [1.165, 1.54) is 16.4 Å². The zero-order valence-corrected chi connectivity index (χ0v) is 17.8. The highest BCUT2D eigenvalue weighted by atomic mass is 32.2. The molecular formula is C22H23FN4O3S. The topological polar surface area (TPSA) is 84.3 Å². The first kappa shape index (κ1) is 21.2. The number of aromatic nitrogens is 2. The van der Waals surface area contributed by atoms with Crippen LogP contribution in [0.4, 0.5) is 4.39 Å². The van der Waals surface area contributed by atoms with E-state index in [-0.39, 0.29) is 18.3 Å². The maximum absolute atomic E-state index is 13.4. The van der Waals surface area contributed by atoms with Crippen molar-refractivity contribution >= 4 is 15.9 Å². The fraction of sp³-hybridized carbons (Fsp3) is 0.273. The number of para-hydroxylation sites is 1. The van der Waals surface area contributed by atoms with Gasteiger partial charge in [0.15, 0.2) is 0 Å². The highest BCUT2D eigenvalue weighted by Crippen LogP contribution is 2.25. The number of hydrogen-bond donors (Lipinski definition) is 1. The Hall–Kier alpha value is -3.04. The molecule has 1 atom stereocenters. The Morgan fingerprint density at radius 1 is 1.16 bits per heavy atom. The molecule has 3 aromatic rings. The van der Waals surface area contributed by atoms with Crippen LogP contribution in [-0.4, -0.2) is 47.3 Å². The Morgan fingerprint density at radius 3 is 2.55 bits per heavy atom. The van der Waals surface area contributed by atoms with Crippen LogP contribution in [0.25, 0.3) is 16.9 Å². The average Bonchev–Trinajstić information content (AvgIpc) is 3.41. The normalized spacial score (nSPS) is 17.0. The summed E-state index contributed by atoms with van der Waals surface area (Å²) in [5.74, 6) is -0.677. The summed E-state index contributed by atoms with van der Waals surface area (Å²) in [6.07, 6.45) is 4.08. The van der Waals surface area contributed by atoms with Crippen LogP contribution in [0.5, 0.6) is 0 Å². The molecule has 0 aliphatic carbocycles. The predicted octanol–water partition coefficient (Wildman–Crippen LogP) is 2.72. The lowest BCUT2D eigenvalue weighted by Gasteiger charge is -2.21. The molecule has 2 aromatic carbocycles. The second-order valence-electron chi connectivity index (χ2n) is 7.54. The molecule has 31 heavy (non-hydrogen) atoms. The van der Waals surface area contributed by atoms with E-state index in [0.717, 1.165) is 23.1 Å². The highest BCUT2D eigenvalue weighted by molar-refractivity contribution is 7.88. The lowest BCUT2D eigenvalue weighted by molar-refractivity contribution is -0.124. The largest absolute Gasteiger partial charge is 0.350 e. The van der Waals surface area contributed by atoms with Crippen molar-refractivity contribution < 1.29 is 17.6 Å². The lowest BCUT2D eigenvalue weighted by atomic mass is 10.1. The molecule has 1 saturated heterocycles. The monoisotopic (exact) mass is 442 g/mol. The smallest absolute Gasteiger partial charge is 0.238 e. The van der Waals surface area contributed by atoms with Crippen molar-refractivity contribution in [1.82, 2.24) is 19.4 Å². The van der Waals surface area contributed by atoms with E-state index >= 15 is 0 Å². The van der Waals surface area contributed by atoms with Crippen LogP contribution in [0.15, 0.2) is 60.8 Å². The first-order valence-corrected chi connectivity index (χ1v) is 11.8. The van der Waals surface area contributed by atoms with Gasteiger partial charge in [0.1, 0.15) is 11.9 Å². The number of amides is 1. The van der Waals surface area contributed by atoms with Gasteiger partial charge < -0.3 is 5.32 Å². The number of sulfonamides is 1. The van der Waals surface area contributed by atoms with Gasteiger partial charge in [-0.05, 0) is 49.2 Å². The highest BCUT2D eigenvalue weighted by Gasteiger charge is 2.36. The SMILES string of the molecule is CS(=O)(=O)N1CCCC1C(=O)NCc1cn(-c2ccccc2)nc1-c1ccc(F)cc1. The van der Waals surface area contributed by atoms with E-state index in [1.807, 2.05) is 36.5 Å². The molecule has 0 saturated carbocycles. The van der Waals surface area contributed by atoms with E-state index in [9.17, 15) is 17.6 Å². The van der Waals surface area contributed by atoms with E-state index in [0.29, 0.717) is 25.1 Å². The molecule has 1 aliphatic heterocycles. The molecule has 0 bridgehead atoms. The molecule has 1 amide bonds. The maximum atomic E-state index is 13.4. The summed E-state index contributed by atoms with van der Waals surface area (Å²) < 4.78 is 40.3. The van der Waals surface area contributed by atoms with Gasteiger partial charge in [0.2, 0.25) is 15.9 Å². The van der Waals surface area contributed by atoms with Gasteiger partial charge in [0.25, 0.3) is 0 Å². The minimum Gasteiger partial charge on any atom is -0.350 e. The number of nitrogens with zero attached hydrogens (tertiary/aromatic N) is 3. The summed E-state index contributed by atoms with van der Waals surface area (Å²) in [7, 11) is -3.45. The minimum atomic E-state index is -3.45. The summed E-state index contributed by atoms with van der Waals surface area (Å²) in [5, 5.41) is 7.50. The van der Waals surface area contributed by atoms with Gasteiger partial charge in [-0.3, -0.25) is 4.79 Å². The van der Waals surface area contributed by atoms with E-state index in [1.54, 1.807) is 16.8 Å². The van der Waals surface area contributed by atoms with E-state index in [2.05, 4.69) is 10.4 Å². The molecule has 9 heteroatoms. The Kier molecular flexibility index (Phi) is 5.88. The van der Waals surface area contributed by atoms with Gasteiger partial charge >= 0.3 is 0 Å². The number of carbonyl (C=O) groups is 1. The number of carbonyl (C=O) groups excluding carboxylic acids is 1. The molecule has 1 aromatic heterocycles. The van der Waals surface area contributed by atoms with Crippen molar-refractivity contribution in [1.29, 1.82) is 0 Å². The van der Waals surface area contributed by atoms with Crippen LogP contribution in [0.3, 0.4) is 0 Å². The zero-order valence-electron chi connectivity index (χ0n) is 17.0. The second kappa shape index (κ2) is 8.60. The minimum absolute atomic E-state index is 0.173. The average molecular weight is 443 g/mol. The van der Waals surface area contributed by atoms with Gasteiger partial charge in [0.05, 0.1) is 17.6 Å². The third-order valence-electron chi connectivity index (χ3n) is 5.31. The van der Waals surface area contributed by atoms with Gasteiger partial charge in [-0.15, -0.1) is 0 Å². The molecule has 1 fully saturated rings. The van der Waals surface area contributed by atoms with Gasteiger partial charge in [-0.1, -0.05) is 18.2 Å². The van der Waals surface area contributed by atoms with Crippen molar-refractivity contribution in [3.8, 4) is 16.9 Å². The van der Waals surface area contributed by atoms with Crippen LogP contribution in [0, 0.1) is 5.82 Å². The summed E-state index contributed by atoms with van der Waals surface area (Å²) in [4.78, 5) is 12.8. The van der Waals surface area contributed by atoms with Crippen LogP contribution in [0.1, 0.15) is 18.4 Å². The molecule has 1 N–H and O–H groups in total. The Balaban J connectivity index is 1.60. The molecule has 1 aliphatic rings. The van der Waals surface area contributed by atoms with Crippen molar-refractivity contribution in [3.63, 3.8) is 0 Å². The second-order valence-corrected chi connectivity index (χ2v) is 9.47. The van der Waals surface area contributed by atoms with Crippen LogP contribution in [-0.2, 0) is 21.4 Å². The lowest BCUT2D eigenvalue weighted by Crippen LogP contribution is -2.45. The first-order valence-electron chi connectivity index (χ1n) is 9.97.